The molecule has 3 aliphatic rings. The number of rotatable bonds is 4. The minimum Gasteiger partial charge on any atom is -0.459 e. The molecule has 0 aromatic carbocycles. The Bertz CT molecular complexity index is 974. The summed E-state index contributed by atoms with van der Waals surface area (Å²) in [4.78, 5) is 38.0. The molecule has 2 aromatic heterocycles. The van der Waals surface area contributed by atoms with Crippen LogP contribution in [0.5, 0.6) is 0 Å². The molecule has 12 heteroatoms. The Balaban J connectivity index is 1.32. The minimum atomic E-state index is -0.571. The summed E-state index contributed by atoms with van der Waals surface area (Å²) in [7, 11) is 0. The van der Waals surface area contributed by atoms with Crippen molar-refractivity contribution in [3.8, 4) is 0 Å². The van der Waals surface area contributed by atoms with Gasteiger partial charge in [-0.3, -0.25) is 14.9 Å². The molecular formula is C20H24N6O6. The summed E-state index contributed by atoms with van der Waals surface area (Å²) in [5.74, 6) is 0.108. The molecular weight excluding hydrogens is 420 g/mol. The number of carbonyl (C=O) groups is 1. The number of piperidine rings is 1. The van der Waals surface area contributed by atoms with Crippen molar-refractivity contribution in [1.82, 2.24) is 14.9 Å². The van der Waals surface area contributed by atoms with Crippen LogP contribution in [-0.2, 0) is 9.47 Å². The van der Waals surface area contributed by atoms with Gasteiger partial charge in [-0.15, -0.1) is 0 Å². The Morgan fingerprint density at radius 1 is 1.00 bits per heavy atom. The van der Waals surface area contributed by atoms with Gasteiger partial charge in [-0.2, -0.15) is 0 Å². The maximum Gasteiger partial charge on any atom is 0.353 e. The molecule has 3 aliphatic heterocycles. The highest BCUT2D eigenvalue weighted by Crippen LogP contribution is 2.38. The Morgan fingerprint density at radius 2 is 1.62 bits per heavy atom. The molecule has 3 fully saturated rings. The summed E-state index contributed by atoms with van der Waals surface area (Å²) in [5.41, 5.74) is -0.109. The Hall–Kier alpha value is -3.25. The SMILES string of the molecule is O=C(c1ccco1)N1CCN(c2ncnc(N3CCC4(CC3)OCCO4)c2[N+](=O)[O-])CC1. The highest BCUT2D eigenvalue weighted by molar-refractivity contribution is 5.91. The quantitative estimate of drug-likeness (QED) is 0.502. The molecule has 0 bridgehead atoms. The van der Waals surface area contributed by atoms with Gasteiger partial charge in [-0.05, 0) is 12.1 Å². The van der Waals surface area contributed by atoms with Crippen LogP contribution in [0.4, 0.5) is 17.3 Å². The maximum absolute atomic E-state index is 12.5. The molecule has 32 heavy (non-hydrogen) atoms. The van der Waals surface area contributed by atoms with Gasteiger partial charge in [0.15, 0.2) is 11.5 Å². The number of nitro groups is 1. The van der Waals surface area contributed by atoms with Gasteiger partial charge in [0.05, 0.1) is 24.4 Å². The lowest BCUT2D eigenvalue weighted by Crippen LogP contribution is -2.49. The average molecular weight is 444 g/mol. The summed E-state index contributed by atoms with van der Waals surface area (Å²) in [6.07, 6.45) is 4.07. The lowest BCUT2D eigenvalue weighted by molar-refractivity contribution is -0.383. The third kappa shape index (κ3) is 3.75. The van der Waals surface area contributed by atoms with Crippen molar-refractivity contribution in [3.05, 3.63) is 40.6 Å². The lowest BCUT2D eigenvalue weighted by Gasteiger charge is -2.38. The van der Waals surface area contributed by atoms with Crippen LogP contribution in [0, 0.1) is 10.1 Å². The summed E-state index contributed by atoms with van der Waals surface area (Å²) >= 11 is 0. The second kappa shape index (κ2) is 8.36. The largest absolute Gasteiger partial charge is 0.459 e. The van der Waals surface area contributed by atoms with E-state index >= 15 is 0 Å². The summed E-state index contributed by atoms with van der Waals surface area (Å²) in [5, 5.41) is 12.1. The predicted molar refractivity (Wildman–Crippen MR) is 112 cm³/mol. The molecule has 0 saturated carbocycles. The van der Waals surface area contributed by atoms with Gasteiger partial charge in [0.1, 0.15) is 6.33 Å². The fourth-order valence-corrected chi connectivity index (χ4v) is 4.51. The molecule has 0 atom stereocenters. The molecule has 12 nitrogen and oxygen atoms in total. The number of nitrogens with zero attached hydrogens (tertiary/aromatic N) is 6. The number of anilines is 2. The first-order valence-electron chi connectivity index (χ1n) is 10.7. The number of piperazine rings is 1. The van der Waals surface area contributed by atoms with Crippen molar-refractivity contribution in [2.75, 3.05) is 62.3 Å². The number of amides is 1. The molecule has 5 rings (SSSR count). The maximum atomic E-state index is 12.5. The number of furan rings is 1. The monoisotopic (exact) mass is 444 g/mol. The van der Waals surface area contributed by atoms with Crippen LogP contribution >= 0.6 is 0 Å². The Kier molecular flexibility index (Phi) is 5.39. The van der Waals surface area contributed by atoms with E-state index in [0.717, 1.165) is 0 Å². The molecule has 2 aromatic rings. The summed E-state index contributed by atoms with van der Waals surface area (Å²) in [6, 6.07) is 3.29. The zero-order valence-corrected chi connectivity index (χ0v) is 17.5. The van der Waals surface area contributed by atoms with E-state index in [2.05, 4.69) is 9.97 Å². The molecule has 170 valence electrons. The molecule has 0 unspecified atom stereocenters. The van der Waals surface area contributed by atoms with E-state index in [4.69, 9.17) is 13.9 Å². The van der Waals surface area contributed by atoms with E-state index in [1.165, 1.54) is 12.6 Å². The molecule has 1 spiro atoms. The van der Waals surface area contributed by atoms with E-state index in [-0.39, 0.29) is 23.2 Å². The van der Waals surface area contributed by atoms with Crippen LogP contribution in [0.25, 0.3) is 0 Å². The zero-order valence-electron chi connectivity index (χ0n) is 17.5. The van der Waals surface area contributed by atoms with Crippen LogP contribution in [0.3, 0.4) is 0 Å². The van der Waals surface area contributed by atoms with Gasteiger partial charge >= 0.3 is 5.69 Å². The van der Waals surface area contributed by atoms with Crippen LogP contribution < -0.4 is 9.80 Å². The third-order valence-electron chi connectivity index (χ3n) is 6.20. The molecule has 5 heterocycles. The number of aromatic nitrogens is 2. The Labute approximate surface area is 183 Å². The number of ether oxygens (including phenoxy) is 2. The first kappa shape index (κ1) is 20.6. The van der Waals surface area contributed by atoms with E-state index in [1.807, 2.05) is 9.80 Å². The molecule has 0 radical (unpaired) electrons. The van der Waals surface area contributed by atoms with Crippen molar-refractivity contribution in [2.45, 2.75) is 18.6 Å². The third-order valence-corrected chi connectivity index (χ3v) is 6.20. The summed E-state index contributed by atoms with van der Waals surface area (Å²) in [6.45, 7) is 3.92. The van der Waals surface area contributed by atoms with Crippen molar-refractivity contribution >= 4 is 23.2 Å². The van der Waals surface area contributed by atoms with Crippen LogP contribution in [-0.4, -0.2) is 84.0 Å². The van der Waals surface area contributed by atoms with Crippen molar-refractivity contribution in [2.24, 2.45) is 0 Å². The van der Waals surface area contributed by atoms with Gasteiger partial charge in [-0.25, -0.2) is 9.97 Å². The summed E-state index contributed by atoms with van der Waals surface area (Å²) < 4.78 is 16.7. The predicted octanol–water partition coefficient (Wildman–Crippen LogP) is 1.28. The van der Waals surface area contributed by atoms with Crippen LogP contribution in [0.15, 0.2) is 29.1 Å². The van der Waals surface area contributed by atoms with Crippen molar-refractivity contribution < 1.29 is 23.6 Å². The highest BCUT2D eigenvalue weighted by atomic mass is 16.7. The van der Waals surface area contributed by atoms with E-state index in [9.17, 15) is 14.9 Å². The number of hydrogen-bond acceptors (Lipinski definition) is 10. The standard InChI is InChI=1S/C20H24N6O6/c27-19(15-2-1-11-30-15)25-9-7-24(8-10-25)18-16(26(28)29)17(21-14-22-18)23-5-3-20(4-6-23)31-12-13-32-20/h1-2,11,14H,3-10,12-13H2. The topological polar surface area (TPSA) is 127 Å². The fraction of sp³-hybridized carbons (Fsp3) is 0.550. The molecule has 0 N–H and O–H groups in total. The van der Waals surface area contributed by atoms with Gasteiger partial charge < -0.3 is 28.6 Å². The van der Waals surface area contributed by atoms with E-state index in [0.29, 0.717) is 71.1 Å². The average Bonchev–Trinajstić information content (AvgIpc) is 3.52. The fourth-order valence-electron chi connectivity index (χ4n) is 4.51. The highest BCUT2D eigenvalue weighted by Gasteiger charge is 2.42. The number of carbonyl (C=O) groups excluding carboxylic acids is 1. The normalized spacial score (nSPS) is 20.7. The first-order chi connectivity index (χ1) is 15.6. The van der Waals surface area contributed by atoms with Gasteiger partial charge in [-0.1, -0.05) is 0 Å². The minimum absolute atomic E-state index is 0.109. The Morgan fingerprint density at radius 3 is 2.19 bits per heavy atom. The first-order valence-corrected chi connectivity index (χ1v) is 10.7. The smallest absolute Gasteiger partial charge is 0.353 e. The van der Waals surface area contributed by atoms with Gasteiger partial charge in [0, 0.05) is 52.1 Å². The van der Waals surface area contributed by atoms with Gasteiger partial charge in [0.25, 0.3) is 5.91 Å². The van der Waals surface area contributed by atoms with E-state index in [1.54, 1.807) is 17.0 Å². The van der Waals surface area contributed by atoms with Crippen molar-refractivity contribution in [1.29, 1.82) is 0 Å². The second-order valence-electron chi connectivity index (χ2n) is 7.98. The van der Waals surface area contributed by atoms with Crippen LogP contribution in [0.1, 0.15) is 23.4 Å². The number of hydrogen-bond donors (Lipinski definition) is 0. The molecule has 3 saturated heterocycles. The van der Waals surface area contributed by atoms with E-state index < -0.39 is 10.7 Å². The molecule has 0 aliphatic carbocycles. The zero-order chi connectivity index (χ0) is 22.1. The molecule has 1 amide bonds. The second-order valence-corrected chi connectivity index (χ2v) is 7.98. The van der Waals surface area contributed by atoms with Gasteiger partial charge in [0.2, 0.25) is 11.6 Å². The van der Waals surface area contributed by atoms with Crippen LogP contribution in [0.2, 0.25) is 0 Å². The van der Waals surface area contributed by atoms with Crippen molar-refractivity contribution in [3.63, 3.8) is 0 Å². The lowest BCUT2D eigenvalue weighted by atomic mass is 10.0.